The fourth-order valence-corrected chi connectivity index (χ4v) is 3.88. The van der Waals surface area contributed by atoms with Crippen molar-refractivity contribution in [1.29, 1.82) is 0 Å². The van der Waals surface area contributed by atoms with Gasteiger partial charge in [-0.15, -0.1) is 0 Å². The van der Waals surface area contributed by atoms with Crippen LogP contribution in [0.3, 0.4) is 0 Å². The zero-order valence-electron chi connectivity index (χ0n) is 10.3. The number of fused-ring (bicyclic) bond motifs is 1. The van der Waals surface area contributed by atoms with Gasteiger partial charge < -0.3 is 5.11 Å². The summed E-state index contributed by atoms with van der Waals surface area (Å²) in [5, 5.41) is 10.1. The highest BCUT2D eigenvalue weighted by atomic mass is 79.9. The number of aliphatic hydroxyl groups is 1. The smallest absolute Gasteiger partial charge is 0.0620 e. The molecule has 3 rings (SSSR count). The quantitative estimate of drug-likeness (QED) is 0.770. The summed E-state index contributed by atoms with van der Waals surface area (Å²) in [4.78, 5) is 0. The molecule has 2 heteroatoms. The van der Waals surface area contributed by atoms with E-state index >= 15 is 0 Å². The molecule has 0 heterocycles. The molecule has 0 atom stereocenters. The Morgan fingerprint density at radius 2 is 1.71 bits per heavy atom. The summed E-state index contributed by atoms with van der Waals surface area (Å²) in [6.07, 6.45) is 6.69. The fraction of sp³-hybridized carbons (Fsp3) is 0.600. The number of hydrogen-bond acceptors (Lipinski definition) is 1. The van der Waals surface area contributed by atoms with Crippen LogP contribution >= 0.6 is 15.9 Å². The normalized spacial score (nSPS) is 36.2. The molecule has 92 valence electrons. The summed E-state index contributed by atoms with van der Waals surface area (Å²) < 4.78 is 1.19. The van der Waals surface area contributed by atoms with Gasteiger partial charge in [-0.3, -0.25) is 0 Å². The highest BCUT2D eigenvalue weighted by Gasteiger charge is 2.42. The van der Waals surface area contributed by atoms with Gasteiger partial charge in [0.2, 0.25) is 0 Å². The van der Waals surface area contributed by atoms with E-state index in [0.717, 1.165) is 12.8 Å². The molecule has 1 aromatic rings. The van der Waals surface area contributed by atoms with Gasteiger partial charge >= 0.3 is 0 Å². The second kappa shape index (κ2) is 3.83. The minimum atomic E-state index is -0.416. The molecule has 1 aromatic carbocycles. The van der Waals surface area contributed by atoms with Crippen LogP contribution in [0.15, 0.2) is 22.7 Å². The van der Waals surface area contributed by atoms with E-state index in [1.165, 1.54) is 41.3 Å². The summed E-state index contributed by atoms with van der Waals surface area (Å²) >= 11 is 3.56. The zero-order chi connectivity index (χ0) is 12.1. The maximum absolute atomic E-state index is 10.1. The predicted molar refractivity (Wildman–Crippen MR) is 73.1 cm³/mol. The fourth-order valence-electron chi connectivity index (χ4n) is 3.47. The molecule has 2 aliphatic carbocycles. The van der Waals surface area contributed by atoms with Crippen molar-refractivity contribution in [1.82, 2.24) is 0 Å². The van der Waals surface area contributed by atoms with E-state index in [1.54, 1.807) is 0 Å². The lowest BCUT2D eigenvalue weighted by atomic mass is 9.67. The predicted octanol–water partition coefficient (Wildman–Crippen LogP) is 3.86. The van der Waals surface area contributed by atoms with Gasteiger partial charge in [-0.25, -0.2) is 0 Å². The number of benzene rings is 1. The molecule has 17 heavy (non-hydrogen) atoms. The summed E-state index contributed by atoms with van der Waals surface area (Å²) in [6.45, 7) is 1.98. The largest absolute Gasteiger partial charge is 0.390 e. The Balaban J connectivity index is 1.82. The molecule has 0 aromatic heterocycles. The van der Waals surface area contributed by atoms with E-state index in [9.17, 15) is 5.11 Å². The molecule has 0 bridgehead atoms. The van der Waals surface area contributed by atoms with Gasteiger partial charge in [-0.1, -0.05) is 22.0 Å². The average Bonchev–Trinajstić information content (AvgIpc) is 2.61. The number of hydrogen-bond donors (Lipinski definition) is 1. The lowest BCUT2D eigenvalue weighted by molar-refractivity contribution is -0.0167. The van der Waals surface area contributed by atoms with Crippen molar-refractivity contribution < 1.29 is 5.11 Å². The lowest BCUT2D eigenvalue weighted by Gasteiger charge is -2.40. The summed E-state index contributed by atoms with van der Waals surface area (Å²) in [7, 11) is 0. The topological polar surface area (TPSA) is 20.2 Å². The number of rotatable bonds is 0. The highest BCUT2D eigenvalue weighted by molar-refractivity contribution is 9.10. The van der Waals surface area contributed by atoms with E-state index in [2.05, 4.69) is 34.1 Å². The Labute approximate surface area is 111 Å². The summed E-state index contributed by atoms with van der Waals surface area (Å²) in [5.74, 6) is 0. The molecule has 0 aliphatic heterocycles. The Kier molecular flexibility index (Phi) is 2.64. The Morgan fingerprint density at radius 3 is 2.41 bits per heavy atom. The van der Waals surface area contributed by atoms with Crippen molar-refractivity contribution in [2.24, 2.45) is 5.41 Å². The van der Waals surface area contributed by atoms with Crippen LogP contribution in [0.2, 0.25) is 0 Å². The van der Waals surface area contributed by atoms with E-state index in [0.29, 0.717) is 5.41 Å². The van der Waals surface area contributed by atoms with Crippen LogP contribution in [0.1, 0.15) is 43.7 Å². The Hall–Kier alpha value is -0.340. The maximum Gasteiger partial charge on any atom is 0.0620 e. The van der Waals surface area contributed by atoms with E-state index in [4.69, 9.17) is 0 Å². The third-order valence-electron chi connectivity index (χ3n) is 4.69. The van der Waals surface area contributed by atoms with Crippen molar-refractivity contribution in [3.8, 4) is 0 Å². The van der Waals surface area contributed by atoms with Gasteiger partial charge in [-0.2, -0.15) is 0 Å². The average molecular weight is 295 g/mol. The second-order valence-electron chi connectivity index (χ2n) is 6.26. The van der Waals surface area contributed by atoms with E-state index in [1.807, 2.05) is 6.92 Å². The lowest BCUT2D eigenvalue weighted by Crippen LogP contribution is -2.37. The van der Waals surface area contributed by atoms with Crippen LogP contribution in [0.4, 0.5) is 0 Å². The minimum Gasteiger partial charge on any atom is -0.390 e. The van der Waals surface area contributed by atoms with Gasteiger partial charge in [0, 0.05) is 4.47 Å². The first-order chi connectivity index (χ1) is 7.98. The van der Waals surface area contributed by atoms with Crippen LogP contribution in [0, 0.1) is 5.41 Å². The van der Waals surface area contributed by atoms with Crippen LogP contribution in [-0.4, -0.2) is 10.7 Å². The third kappa shape index (κ3) is 2.17. The number of halogens is 1. The van der Waals surface area contributed by atoms with E-state index in [-0.39, 0.29) is 0 Å². The maximum atomic E-state index is 10.1. The summed E-state index contributed by atoms with van der Waals surface area (Å²) in [5.41, 5.74) is 3.07. The SMILES string of the molecule is CC1(O)CCC2(CC1)Cc1ccc(Br)cc1C2. The van der Waals surface area contributed by atoms with Gasteiger partial charge in [-0.05, 0) is 74.1 Å². The van der Waals surface area contributed by atoms with Crippen LogP contribution in [-0.2, 0) is 12.8 Å². The molecular weight excluding hydrogens is 276 g/mol. The molecule has 0 amide bonds. The first kappa shape index (κ1) is 11.7. The Morgan fingerprint density at radius 1 is 1.06 bits per heavy atom. The molecule has 0 saturated heterocycles. The molecule has 0 unspecified atom stereocenters. The summed E-state index contributed by atoms with van der Waals surface area (Å²) in [6, 6.07) is 6.69. The van der Waals surface area contributed by atoms with Crippen LogP contribution < -0.4 is 0 Å². The van der Waals surface area contributed by atoms with Crippen LogP contribution in [0.25, 0.3) is 0 Å². The molecule has 2 aliphatic rings. The molecule has 1 nitrogen and oxygen atoms in total. The van der Waals surface area contributed by atoms with Crippen LogP contribution in [0.5, 0.6) is 0 Å². The molecule has 1 fully saturated rings. The first-order valence-corrected chi connectivity index (χ1v) is 7.27. The molecule has 1 spiro atoms. The molecule has 0 radical (unpaired) electrons. The monoisotopic (exact) mass is 294 g/mol. The molecular formula is C15H19BrO. The van der Waals surface area contributed by atoms with Gasteiger partial charge in [0.25, 0.3) is 0 Å². The van der Waals surface area contributed by atoms with Crippen molar-refractivity contribution in [3.05, 3.63) is 33.8 Å². The van der Waals surface area contributed by atoms with Gasteiger partial charge in [0.1, 0.15) is 0 Å². The van der Waals surface area contributed by atoms with Crippen molar-refractivity contribution in [3.63, 3.8) is 0 Å². The molecule has 1 saturated carbocycles. The standard InChI is InChI=1S/C15H19BrO/c1-14(17)4-6-15(7-5-14)9-11-2-3-13(16)8-12(11)10-15/h2-3,8,17H,4-7,9-10H2,1H3. The Bertz CT molecular complexity index is 440. The van der Waals surface area contributed by atoms with Crippen molar-refractivity contribution in [2.45, 2.75) is 51.0 Å². The molecule has 1 N–H and O–H groups in total. The first-order valence-electron chi connectivity index (χ1n) is 6.48. The van der Waals surface area contributed by atoms with Crippen molar-refractivity contribution in [2.75, 3.05) is 0 Å². The van der Waals surface area contributed by atoms with Crippen molar-refractivity contribution >= 4 is 15.9 Å². The van der Waals surface area contributed by atoms with Gasteiger partial charge in [0.15, 0.2) is 0 Å². The zero-order valence-corrected chi connectivity index (χ0v) is 11.9. The van der Waals surface area contributed by atoms with Gasteiger partial charge in [0.05, 0.1) is 5.60 Å². The highest BCUT2D eigenvalue weighted by Crippen LogP contribution is 2.49. The third-order valence-corrected chi connectivity index (χ3v) is 5.18. The second-order valence-corrected chi connectivity index (χ2v) is 7.18. The van der Waals surface area contributed by atoms with E-state index < -0.39 is 5.60 Å². The minimum absolute atomic E-state index is 0.416.